The highest BCUT2D eigenvalue weighted by Crippen LogP contribution is 2.36. The number of rotatable bonds is 5. The molecule has 0 saturated carbocycles. The van der Waals surface area contributed by atoms with Gasteiger partial charge in [0.15, 0.2) is 0 Å². The molecule has 1 aliphatic rings. The maximum Gasteiger partial charge on any atom is 0.326 e. The zero-order chi connectivity index (χ0) is 21.5. The van der Waals surface area contributed by atoms with Crippen molar-refractivity contribution in [1.82, 2.24) is 9.97 Å². The summed E-state index contributed by atoms with van der Waals surface area (Å²) in [7, 11) is 0. The first-order valence-corrected chi connectivity index (χ1v) is 11.0. The van der Waals surface area contributed by atoms with Crippen molar-refractivity contribution in [3.8, 4) is 11.1 Å². The third kappa shape index (κ3) is 3.64. The number of hydrogen-bond donors (Lipinski definition) is 1. The normalized spacial score (nSPS) is 15.8. The fourth-order valence-corrected chi connectivity index (χ4v) is 4.84. The molecule has 2 aromatic heterocycles. The SMILES string of the molecule is O=C(O)C1CCN1c1ccc(Cc2cc3scnc3c(-c3cccc(Cl)c3)c2F)cn1. The molecule has 8 heteroatoms. The molecule has 1 unspecified atom stereocenters. The fraction of sp³-hybridized carbons (Fsp3) is 0.174. The van der Waals surface area contributed by atoms with Crippen LogP contribution in [0.5, 0.6) is 0 Å². The van der Waals surface area contributed by atoms with E-state index in [9.17, 15) is 9.90 Å². The van der Waals surface area contributed by atoms with Gasteiger partial charge in [-0.15, -0.1) is 11.3 Å². The first-order chi connectivity index (χ1) is 15.0. The summed E-state index contributed by atoms with van der Waals surface area (Å²) in [6.45, 7) is 0.670. The predicted octanol–water partition coefficient (Wildman–Crippen LogP) is 5.40. The van der Waals surface area contributed by atoms with Crippen LogP contribution in [0.3, 0.4) is 0 Å². The predicted molar refractivity (Wildman–Crippen MR) is 120 cm³/mol. The number of pyridine rings is 1. The lowest BCUT2D eigenvalue weighted by atomic mass is 9.97. The Balaban J connectivity index is 1.49. The van der Waals surface area contributed by atoms with E-state index in [2.05, 4.69) is 9.97 Å². The first kappa shape index (κ1) is 19.9. The summed E-state index contributed by atoms with van der Waals surface area (Å²) in [6, 6.07) is 12.1. The molecule has 0 bridgehead atoms. The quantitative estimate of drug-likeness (QED) is 0.438. The highest BCUT2D eigenvalue weighted by molar-refractivity contribution is 7.16. The van der Waals surface area contributed by atoms with Crippen molar-refractivity contribution in [3.63, 3.8) is 0 Å². The molecule has 5 nitrogen and oxygen atoms in total. The van der Waals surface area contributed by atoms with Gasteiger partial charge in [-0.2, -0.15) is 0 Å². The van der Waals surface area contributed by atoms with E-state index < -0.39 is 12.0 Å². The molecule has 4 aromatic rings. The number of benzene rings is 2. The molecule has 1 saturated heterocycles. The van der Waals surface area contributed by atoms with Crippen molar-refractivity contribution >= 4 is 44.9 Å². The van der Waals surface area contributed by atoms with Gasteiger partial charge < -0.3 is 10.0 Å². The maximum absolute atomic E-state index is 15.6. The number of thiazole rings is 1. The Hall–Kier alpha value is -3.03. The molecular weight excluding hydrogens is 437 g/mol. The highest BCUT2D eigenvalue weighted by Gasteiger charge is 2.34. The van der Waals surface area contributed by atoms with E-state index in [1.54, 1.807) is 40.9 Å². The van der Waals surface area contributed by atoms with Gasteiger partial charge in [0, 0.05) is 29.7 Å². The van der Waals surface area contributed by atoms with Gasteiger partial charge in [0.1, 0.15) is 17.7 Å². The van der Waals surface area contributed by atoms with E-state index in [0.29, 0.717) is 52.4 Å². The summed E-state index contributed by atoms with van der Waals surface area (Å²) in [5.41, 5.74) is 4.87. The Morgan fingerprint density at radius 3 is 2.81 bits per heavy atom. The Labute approximate surface area is 186 Å². The van der Waals surface area contributed by atoms with Crippen molar-refractivity contribution in [2.24, 2.45) is 0 Å². The topological polar surface area (TPSA) is 66.3 Å². The van der Waals surface area contributed by atoms with Crippen LogP contribution in [-0.2, 0) is 11.2 Å². The Morgan fingerprint density at radius 1 is 1.26 bits per heavy atom. The van der Waals surface area contributed by atoms with Crippen LogP contribution in [0.15, 0.2) is 54.2 Å². The van der Waals surface area contributed by atoms with Crippen molar-refractivity contribution in [3.05, 3.63) is 76.1 Å². The van der Waals surface area contributed by atoms with E-state index >= 15 is 4.39 Å². The second-order valence-electron chi connectivity index (χ2n) is 7.47. The average Bonchev–Trinajstić information content (AvgIpc) is 3.16. The molecule has 3 heterocycles. The largest absolute Gasteiger partial charge is 0.480 e. The molecule has 0 amide bonds. The van der Waals surface area contributed by atoms with Crippen LogP contribution < -0.4 is 4.90 Å². The summed E-state index contributed by atoms with van der Waals surface area (Å²) in [5, 5.41) is 9.77. The smallest absolute Gasteiger partial charge is 0.326 e. The third-order valence-corrected chi connectivity index (χ3v) is 6.57. The molecule has 1 N–H and O–H groups in total. The van der Waals surface area contributed by atoms with E-state index in [4.69, 9.17) is 11.6 Å². The molecule has 1 aliphatic heterocycles. The number of aliphatic carboxylic acids is 1. The zero-order valence-corrected chi connectivity index (χ0v) is 17.8. The number of fused-ring (bicyclic) bond motifs is 1. The number of carbonyl (C=O) groups is 1. The average molecular weight is 454 g/mol. The molecule has 5 rings (SSSR count). The van der Waals surface area contributed by atoms with E-state index in [0.717, 1.165) is 10.3 Å². The Bertz CT molecular complexity index is 1290. The van der Waals surface area contributed by atoms with Gasteiger partial charge in [0.25, 0.3) is 0 Å². The van der Waals surface area contributed by atoms with Crippen molar-refractivity contribution < 1.29 is 14.3 Å². The Kier molecular flexibility index (Phi) is 5.08. The highest BCUT2D eigenvalue weighted by atomic mass is 35.5. The molecular formula is C23H17ClFN3O2S. The second kappa shape index (κ2) is 7.90. The van der Waals surface area contributed by atoms with Crippen LogP contribution in [0, 0.1) is 5.82 Å². The molecule has 1 fully saturated rings. The summed E-state index contributed by atoms with van der Waals surface area (Å²) >= 11 is 7.60. The molecule has 2 aromatic carbocycles. The van der Waals surface area contributed by atoms with Gasteiger partial charge >= 0.3 is 5.97 Å². The third-order valence-electron chi connectivity index (χ3n) is 5.55. The van der Waals surface area contributed by atoms with Gasteiger partial charge in [0.05, 0.1) is 15.7 Å². The van der Waals surface area contributed by atoms with Crippen molar-refractivity contribution in [2.45, 2.75) is 18.9 Å². The van der Waals surface area contributed by atoms with Gasteiger partial charge in [-0.1, -0.05) is 29.8 Å². The van der Waals surface area contributed by atoms with Crippen LogP contribution in [0.2, 0.25) is 5.02 Å². The minimum absolute atomic E-state index is 0.321. The molecule has 0 aliphatic carbocycles. The van der Waals surface area contributed by atoms with Crippen LogP contribution in [0.25, 0.3) is 21.3 Å². The molecule has 31 heavy (non-hydrogen) atoms. The summed E-state index contributed by atoms with van der Waals surface area (Å²) in [6.07, 6.45) is 2.66. The number of nitrogens with zero attached hydrogens (tertiary/aromatic N) is 3. The molecule has 1 atom stereocenters. The van der Waals surface area contributed by atoms with Gasteiger partial charge in [-0.05, 0) is 47.4 Å². The summed E-state index contributed by atoms with van der Waals surface area (Å²) < 4.78 is 16.5. The number of carboxylic acids is 1. The standard InChI is InChI=1S/C23H17ClFN3O2S/c24-16-3-1-2-14(9-16)20-21(25)15(10-18-22(20)27-12-31-18)8-13-4-5-19(26-11-13)28-7-6-17(28)23(29)30/h1-5,9-12,17H,6-8H2,(H,29,30). The van der Waals surface area contributed by atoms with E-state index in [1.165, 1.54) is 11.3 Å². The number of anilines is 1. The first-order valence-electron chi connectivity index (χ1n) is 9.76. The molecule has 0 spiro atoms. The number of carboxylic acid groups (broad SMARTS) is 1. The van der Waals surface area contributed by atoms with Gasteiger partial charge in [-0.3, -0.25) is 0 Å². The lowest BCUT2D eigenvalue weighted by Gasteiger charge is -2.38. The second-order valence-corrected chi connectivity index (χ2v) is 8.79. The lowest BCUT2D eigenvalue weighted by Crippen LogP contribution is -2.52. The van der Waals surface area contributed by atoms with Crippen LogP contribution >= 0.6 is 22.9 Å². The zero-order valence-electron chi connectivity index (χ0n) is 16.3. The lowest BCUT2D eigenvalue weighted by molar-refractivity contribution is -0.140. The van der Waals surface area contributed by atoms with Gasteiger partial charge in [0.2, 0.25) is 0 Å². The van der Waals surface area contributed by atoms with Crippen LogP contribution in [0.4, 0.5) is 10.2 Å². The summed E-state index contributed by atoms with van der Waals surface area (Å²) in [4.78, 5) is 21.8. The fourth-order valence-electron chi connectivity index (χ4n) is 3.90. The monoisotopic (exact) mass is 453 g/mol. The number of hydrogen-bond acceptors (Lipinski definition) is 5. The number of aromatic nitrogens is 2. The van der Waals surface area contributed by atoms with E-state index in [-0.39, 0.29) is 5.82 Å². The van der Waals surface area contributed by atoms with Gasteiger partial charge in [-0.25, -0.2) is 19.2 Å². The van der Waals surface area contributed by atoms with Crippen LogP contribution in [0.1, 0.15) is 17.5 Å². The van der Waals surface area contributed by atoms with Crippen molar-refractivity contribution in [2.75, 3.05) is 11.4 Å². The van der Waals surface area contributed by atoms with Crippen LogP contribution in [-0.4, -0.2) is 33.6 Å². The maximum atomic E-state index is 15.6. The minimum atomic E-state index is -0.842. The van der Waals surface area contributed by atoms with Crippen molar-refractivity contribution in [1.29, 1.82) is 0 Å². The minimum Gasteiger partial charge on any atom is -0.480 e. The summed E-state index contributed by atoms with van der Waals surface area (Å²) in [5.74, 6) is -0.538. The Morgan fingerprint density at radius 2 is 2.13 bits per heavy atom. The van der Waals surface area contributed by atoms with E-state index in [1.807, 2.05) is 18.2 Å². The molecule has 156 valence electrons. The number of halogens is 2. The molecule has 0 radical (unpaired) electrons.